The molecular formula is C17H23N3O3S. The number of carbonyl (C=O) groups is 1. The quantitative estimate of drug-likeness (QED) is 0.763. The van der Waals surface area contributed by atoms with Crippen LogP contribution in [-0.4, -0.2) is 63.0 Å². The average molecular weight is 349 g/mol. The van der Waals surface area contributed by atoms with Gasteiger partial charge in [0.25, 0.3) is 0 Å². The Labute approximate surface area is 143 Å². The molecule has 1 aromatic rings. The van der Waals surface area contributed by atoms with Crippen molar-refractivity contribution < 1.29 is 13.2 Å². The Kier molecular flexibility index (Phi) is 6.37. The van der Waals surface area contributed by atoms with E-state index in [1.54, 1.807) is 0 Å². The van der Waals surface area contributed by atoms with Crippen molar-refractivity contribution in [3.05, 3.63) is 35.4 Å². The summed E-state index contributed by atoms with van der Waals surface area (Å²) in [6.07, 6.45) is 2.10. The SMILES string of the molecule is CN(CC(=O)NCC#CCN1CCc2ccccc2C1)S(C)(=O)=O. The molecule has 1 aliphatic rings. The molecule has 0 spiro atoms. The molecule has 0 fully saturated rings. The molecular weight excluding hydrogens is 326 g/mol. The molecule has 1 heterocycles. The van der Waals surface area contributed by atoms with Crippen LogP contribution in [0.4, 0.5) is 0 Å². The summed E-state index contributed by atoms with van der Waals surface area (Å²) in [5, 5.41) is 2.60. The van der Waals surface area contributed by atoms with Gasteiger partial charge in [0, 0.05) is 20.1 Å². The fourth-order valence-electron chi connectivity index (χ4n) is 2.44. The molecule has 130 valence electrons. The topological polar surface area (TPSA) is 69.7 Å². The summed E-state index contributed by atoms with van der Waals surface area (Å²) in [6.45, 7) is 2.57. The van der Waals surface area contributed by atoms with Crippen LogP contribution in [0, 0.1) is 11.8 Å². The fourth-order valence-corrected chi connectivity index (χ4v) is 2.79. The van der Waals surface area contributed by atoms with Crippen molar-refractivity contribution in [1.82, 2.24) is 14.5 Å². The van der Waals surface area contributed by atoms with E-state index in [1.165, 1.54) is 18.2 Å². The lowest BCUT2D eigenvalue weighted by Gasteiger charge is -2.26. The number of benzene rings is 1. The summed E-state index contributed by atoms with van der Waals surface area (Å²) >= 11 is 0. The summed E-state index contributed by atoms with van der Waals surface area (Å²) in [4.78, 5) is 13.9. The Hall–Kier alpha value is -1.88. The summed E-state index contributed by atoms with van der Waals surface area (Å²) < 4.78 is 23.4. The van der Waals surface area contributed by atoms with Gasteiger partial charge in [-0.2, -0.15) is 4.31 Å². The van der Waals surface area contributed by atoms with Crippen molar-refractivity contribution in [1.29, 1.82) is 0 Å². The Balaban J connectivity index is 1.71. The minimum Gasteiger partial charge on any atom is -0.344 e. The predicted molar refractivity (Wildman–Crippen MR) is 93.7 cm³/mol. The molecule has 0 unspecified atom stereocenters. The van der Waals surface area contributed by atoms with Crippen molar-refractivity contribution in [2.45, 2.75) is 13.0 Å². The van der Waals surface area contributed by atoms with Gasteiger partial charge in [0.05, 0.1) is 25.9 Å². The van der Waals surface area contributed by atoms with Crippen molar-refractivity contribution in [3.63, 3.8) is 0 Å². The standard InChI is InChI=1S/C17H23N3O3S/c1-19(24(2,22)23)14-17(21)18-10-5-6-11-20-12-9-15-7-3-4-8-16(15)13-20/h3-4,7-8H,9-14H2,1-2H3,(H,18,21). The first-order valence-electron chi connectivity index (χ1n) is 7.79. The van der Waals surface area contributed by atoms with Crippen LogP contribution in [0.2, 0.25) is 0 Å². The van der Waals surface area contributed by atoms with Crippen molar-refractivity contribution in [3.8, 4) is 11.8 Å². The fraction of sp³-hybridized carbons (Fsp3) is 0.471. The van der Waals surface area contributed by atoms with Gasteiger partial charge in [-0.3, -0.25) is 9.69 Å². The highest BCUT2D eigenvalue weighted by Crippen LogP contribution is 2.17. The van der Waals surface area contributed by atoms with E-state index < -0.39 is 10.0 Å². The largest absolute Gasteiger partial charge is 0.344 e. The first-order chi connectivity index (χ1) is 11.4. The van der Waals surface area contributed by atoms with E-state index in [1.807, 2.05) is 0 Å². The van der Waals surface area contributed by atoms with E-state index in [4.69, 9.17) is 0 Å². The van der Waals surface area contributed by atoms with Gasteiger partial charge in [-0.1, -0.05) is 36.1 Å². The number of carbonyl (C=O) groups excluding carboxylic acids is 1. The van der Waals surface area contributed by atoms with Gasteiger partial charge >= 0.3 is 0 Å². The average Bonchev–Trinajstić information content (AvgIpc) is 2.53. The van der Waals surface area contributed by atoms with Crippen molar-refractivity contribution in [2.24, 2.45) is 0 Å². The van der Waals surface area contributed by atoms with Gasteiger partial charge in [0.15, 0.2) is 0 Å². The number of likely N-dealkylation sites (N-methyl/N-ethyl adjacent to an activating group) is 1. The zero-order valence-corrected chi connectivity index (χ0v) is 14.9. The van der Waals surface area contributed by atoms with Crippen LogP contribution in [0.15, 0.2) is 24.3 Å². The van der Waals surface area contributed by atoms with Crippen LogP contribution in [0.1, 0.15) is 11.1 Å². The number of amides is 1. The van der Waals surface area contributed by atoms with Crippen molar-refractivity contribution in [2.75, 3.05) is 39.5 Å². The Morgan fingerprint density at radius 1 is 1.29 bits per heavy atom. The second-order valence-electron chi connectivity index (χ2n) is 5.88. The summed E-state index contributed by atoms with van der Waals surface area (Å²) in [5.41, 5.74) is 2.76. The molecule has 7 heteroatoms. The molecule has 0 aliphatic carbocycles. The molecule has 0 saturated heterocycles. The lowest BCUT2D eigenvalue weighted by molar-refractivity contribution is -0.120. The van der Waals surface area contributed by atoms with E-state index in [0.717, 1.165) is 30.1 Å². The molecule has 0 atom stereocenters. The van der Waals surface area contributed by atoms with Crippen LogP contribution in [0.25, 0.3) is 0 Å². The molecule has 1 amide bonds. The van der Waals surface area contributed by atoms with Gasteiger partial charge in [-0.15, -0.1) is 0 Å². The van der Waals surface area contributed by atoms with E-state index in [-0.39, 0.29) is 19.0 Å². The smallest absolute Gasteiger partial charge is 0.236 e. The number of hydrogen-bond donors (Lipinski definition) is 1. The minimum atomic E-state index is -3.34. The zero-order chi connectivity index (χ0) is 17.6. The number of fused-ring (bicyclic) bond motifs is 1. The molecule has 2 rings (SSSR count). The molecule has 24 heavy (non-hydrogen) atoms. The van der Waals surface area contributed by atoms with Gasteiger partial charge in [-0.05, 0) is 17.5 Å². The molecule has 6 nitrogen and oxygen atoms in total. The van der Waals surface area contributed by atoms with Crippen LogP contribution in [0.3, 0.4) is 0 Å². The van der Waals surface area contributed by atoms with Crippen LogP contribution >= 0.6 is 0 Å². The monoisotopic (exact) mass is 349 g/mol. The first-order valence-corrected chi connectivity index (χ1v) is 9.64. The van der Waals surface area contributed by atoms with Crippen LogP contribution in [-0.2, 0) is 27.8 Å². The third kappa shape index (κ3) is 5.64. The summed E-state index contributed by atoms with van der Waals surface area (Å²) in [5.74, 6) is 5.60. The molecule has 1 N–H and O–H groups in total. The zero-order valence-electron chi connectivity index (χ0n) is 14.1. The van der Waals surface area contributed by atoms with E-state index in [2.05, 4.69) is 46.3 Å². The highest BCUT2D eigenvalue weighted by atomic mass is 32.2. The molecule has 1 aliphatic heterocycles. The first kappa shape index (κ1) is 18.5. The number of rotatable bonds is 5. The van der Waals surface area contributed by atoms with Crippen molar-refractivity contribution >= 4 is 15.9 Å². The summed E-state index contributed by atoms with van der Waals surface area (Å²) in [7, 11) is -1.97. The maximum absolute atomic E-state index is 11.6. The van der Waals surface area contributed by atoms with E-state index in [0.29, 0.717) is 6.54 Å². The minimum absolute atomic E-state index is 0.191. The number of sulfonamides is 1. The van der Waals surface area contributed by atoms with Gasteiger partial charge in [-0.25, -0.2) is 8.42 Å². The molecule has 1 aromatic carbocycles. The van der Waals surface area contributed by atoms with Gasteiger partial charge in [0.2, 0.25) is 15.9 Å². The molecule has 0 aromatic heterocycles. The van der Waals surface area contributed by atoms with Crippen LogP contribution in [0.5, 0.6) is 0 Å². The Morgan fingerprint density at radius 2 is 2.00 bits per heavy atom. The molecule has 0 radical (unpaired) electrons. The highest BCUT2D eigenvalue weighted by Gasteiger charge is 2.15. The Bertz CT molecular complexity index is 750. The lowest BCUT2D eigenvalue weighted by Crippen LogP contribution is -2.38. The maximum atomic E-state index is 11.6. The normalized spacial score (nSPS) is 14.6. The Morgan fingerprint density at radius 3 is 2.71 bits per heavy atom. The lowest BCUT2D eigenvalue weighted by atomic mass is 10.0. The van der Waals surface area contributed by atoms with Gasteiger partial charge in [0.1, 0.15) is 0 Å². The second kappa shape index (κ2) is 8.29. The highest BCUT2D eigenvalue weighted by molar-refractivity contribution is 7.88. The van der Waals surface area contributed by atoms with Gasteiger partial charge < -0.3 is 5.32 Å². The number of hydrogen-bond acceptors (Lipinski definition) is 4. The molecule has 0 saturated carbocycles. The predicted octanol–water partition coefficient (Wildman–Crippen LogP) is 0.0557. The van der Waals surface area contributed by atoms with Crippen LogP contribution < -0.4 is 5.32 Å². The third-order valence-corrected chi connectivity index (χ3v) is 5.21. The summed E-state index contributed by atoms with van der Waals surface area (Å²) in [6, 6.07) is 8.43. The number of nitrogens with zero attached hydrogens (tertiary/aromatic N) is 2. The van der Waals surface area contributed by atoms with E-state index >= 15 is 0 Å². The molecule has 0 bridgehead atoms. The maximum Gasteiger partial charge on any atom is 0.236 e. The third-order valence-electron chi connectivity index (χ3n) is 3.94. The second-order valence-corrected chi connectivity index (χ2v) is 7.97. The van der Waals surface area contributed by atoms with E-state index in [9.17, 15) is 13.2 Å². The number of nitrogens with one attached hydrogen (secondary N) is 1.